The van der Waals surface area contributed by atoms with E-state index in [1.165, 1.54) is 12.1 Å². The highest BCUT2D eigenvalue weighted by molar-refractivity contribution is 6.33. The van der Waals surface area contributed by atoms with Crippen molar-refractivity contribution < 1.29 is 18.4 Å². The lowest BCUT2D eigenvalue weighted by Crippen LogP contribution is -2.20. The van der Waals surface area contributed by atoms with Crippen LogP contribution in [-0.4, -0.2) is 22.7 Å². The van der Waals surface area contributed by atoms with Gasteiger partial charge in [-0.1, -0.05) is 28.9 Å². The van der Waals surface area contributed by atoms with Gasteiger partial charge in [-0.3, -0.25) is 4.79 Å². The van der Waals surface area contributed by atoms with Gasteiger partial charge in [0.05, 0.1) is 10.6 Å². The number of ether oxygens (including phenoxy) is 1. The van der Waals surface area contributed by atoms with Crippen LogP contribution in [0.5, 0.6) is 5.75 Å². The Balaban J connectivity index is 1.95. The quantitative estimate of drug-likeness (QED) is 0.765. The zero-order valence-corrected chi connectivity index (χ0v) is 13.0. The number of rotatable bonds is 5. The number of carbonyl (C=O) groups excluding carboxylic acids is 1. The van der Waals surface area contributed by atoms with Crippen molar-refractivity contribution >= 4 is 17.5 Å². The van der Waals surface area contributed by atoms with Crippen molar-refractivity contribution in [2.75, 3.05) is 6.61 Å². The second-order valence-corrected chi connectivity index (χ2v) is 5.21. The van der Waals surface area contributed by atoms with E-state index in [0.717, 1.165) is 6.07 Å². The van der Waals surface area contributed by atoms with Crippen molar-refractivity contribution in [2.24, 2.45) is 5.73 Å². The summed E-state index contributed by atoms with van der Waals surface area (Å²) in [6, 6.07) is 10.7. The van der Waals surface area contributed by atoms with E-state index in [4.69, 9.17) is 26.6 Å². The van der Waals surface area contributed by atoms with Gasteiger partial charge in [-0.25, -0.2) is 4.39 Å². The topological polar surface area (TPSA) is 91.2 Å². The summed E-state index contributed by atoms with van der Waals surface area (Å²) < 4.78 is 23.7. The van der Waals surface area contributed by atoms with Crippen LogP contribution in [0, 0.1) is 5.82 Å². The average molecular weight is 348 g/mol. The molecule has 8 heteroatoms. The molecule has 0 aliphatic rings. The van der Waals surface area contributed by atoms with E-state index >= 15 is 0 Å². The van der Waals surface area contributed by atoms with Crippen LogP contribution < -0.4 is 10.5 Å². The van der Waals surface area contributed by atoms with Gasteiger partial charge in [0.2, 0.25) is 5.82 Å². The lowest BCUT2D eigenvalue weighted by Gasteiger charge is -2.06. The maximum Gasteiger partial charge on any atom is 0.262 e. The molecule has 1 amide bonds. The molecule has 122 valence electrons. The van der Waals surface area contributed by atoms with Crippen LogP contribution in [0.3, 0.4) is 0 Å². The summed E-state index contributed by atoms with van der Waals surface area (Å²) in [5.74, 6) is -0.311. The van der Waals surface area contributed by atoms with Crippen molar-refractivity contribution in [3.05, 3.63) is 53.3 Å². The van der Waals surface area contributed by atoms with E-state index in [2.05, 4.69) is 10.1 Å². The first kappa shape index (κ1) is 15.9. The van der Waals surface area contributed by atoms with E-state index in [-0.39, 0.29) is 23.3 Å². The van der Waals surface area contributed by atoms with E-state index < -0.39 is 11.7 Å². The standard InChI is InChI=1S/C16H11ClFN3O3/c17-12-7-9(18)5-6-10(12)15-20-16(24-21-15)11-3-1-2-4-13(11)23-8-14(19)22/h1-7H,8H2,(H2,19,22). The Morgan fingerprint density at radius 2 is 2.04 bits per heavy atom. The van der Waals surface area contributed by atoms with E-state index in [9.17, 15) is 9.18 Å². The summed E-state index contributed by atoms with van der Waals surface area (Å²) in [6.07, 6.45) is 0. The van der Waals surface area contributed by atoms with E-state index in [0.29, 0.717) is 16.9 Å². The lowest BCUT2D eigenvalue weighted by atomic mass is 10.2. The predicted molar refractivity (Wildman–Crippen MR) is 84.8 cm³/mol. The predicted octanol–water partition coefficient (Wildman–Crippen LogP) is 3.06. The Morgan fingerprint density at radius 1 is 1.25 bits per heavy atom. The summed E-state index contributed by atoms with van der Waals surface area (Å²) in [4.78, 5) is 15.1. The van der Waals surface area contributed by atoms with Crippen molar-refractivity contribution in [1.82, 2.24) is 10.1 Å². The highest BCUT2D eigenvalue weighted by atomic mass is 35.5. The Hall–Kier alpha value is -2.93. The third kappa shape index (κ3) is 3.36. The van der Waals surface area contributed by atoms with Gasteiger partial charge in [-0.2, -0.15) is 4.98 Å². The van der Waals surface area contributed by atoms with Crippen LogP contribution in [0.1, 0.15) is 0 Å². The van der Waals surface area contributed by atoms with Gasteiger partial charge in [0, 0.05) is 5.56 Å². The third-order valence-electron chi connectivity index (χ3n) is 3.09. The number of carbonyl (C=O) groups is 1. The minimum absolute atomic E-state index is 0.167. The van der Waals surface area contributed by atoms with Crippen LogP contribution in [-0.2, 0) is 4.79 Å². The van der Waals surface area contributed by atoms with Crippen LogP contribution in [0.2, 0.25) is 5.02 Å². The molecule has 6 nitrogen and oxygen atoms in total. The number of primary amides is 1. The molecule has 1 aromatic heterocycles. The largest absolute Gasteiger partial charge is 0.483 e. The maximum absolute atomic E-state index is 13.1. The molecule has 2 N–H and O–H groups in total. The number of amides is 1. The molecule has 0 unspecified atom stereocenters. The van der Waals surface area contributed by atoms with Gasteiger partial charge in [0.25, 0.3) is 11.8 Å². The number of para-hydroxylation sites is 1. The van der Waals surface area contributed by atoms with Gasteiger partial charge in [0.1, 0.15) is 11.6 Å². The average Bonchev–Trinajstić information content (AvgIpc) is 3.02. The molecule has 0 bridgehead atoms. The van der Waals surface area contributed by atoms with Crippen molar-refractivity contribution in [1.29, 1.82) is 0 Å². The van der Waals surface area contributed by atoms with Gasteiger partial charge in [0.15, 0.2) is 6.61 Å². The lowest BCUT2D eigenvalue weighted by molar-refractivity contribution is -0.119. The van der Waals surface area contributed by atoms with Gasteiger partial charge < -0.3 is 15.0 Å². The second-order valence-electron chi connectivity index (χ2n) is 4.80. The first-order valence-electron chi connectivity index (χ1n) is 6.84. The van der Waals surface area contributed by atoms with Crippen LogP contribution in [0.25, 0.3) is 22.8 Å². The zero-order chi connectivity index (χ0) is 17.1. The third-order valence-corrected chi connectivity index (χ3v) is 3.40. The molecular weight excluding hydrogens is 337 g/mol. The van der Waals surface area contributed by atoms with Gasteiger partial charge >= 0.3 is 0 Å². The molecule has 3 aromatic rings. The fraction of sp³-hybridized carbons (Fsp3) is 0.0625. The molecule has 2 aromatic carbocycles. The first-order valence-corrected chi connectivity index (χ1v) is 7.22. The normalized spacial score (nSPS) is 10.6. The molecule has 0 aliphatic carbocycles. The van der Waals surface area contributed by atoms with Crippen molar-refractivity contribution in [3.63, 3.8) is 0 Å². The molecule has 0 spiro atoms. The molecule has 0 fully saturated rings. The molecule has 0 radical (unpaired) electrons. The number of nitrogens with two attached hydrogens (primary N) is 1. The Bertz CT molecular complexity index is 898. The smallest absolute Gasteiger partial charge is 0.262 e. The Morgan fingerprint density at radius 3 is 2.79 bits per heavy atom. The monoisotopic (exact) mass is 347 g/mol. The Kier molecular flexibility index (Phi) is 4.43. The minimum atomic E-state index is -0.603. The maximum atomic E-state index is 13.1. The number of hydrogen-bond donors (Lipinski definition) is 1. The number of halogens is 2. The van der Waals surface area contributed by atoms with Gasteiger partial charge in [-0.15, -0.1) is 0 Å². The van der Waals surface area contributed by atoms with Gasteiger partial charge in [-0.05, 0) is 30.3 Å². The van der Waals surface area contributed by atoms with Crippen molar-refractivity contribution in [2.45, 2.75) is 0 Å². The fourth-order valence-electron chi connectivity index (χ4n) is 2.03. The van der Waals surface area contributed by atoms with Crippen LogP contribution >= 0.6 is 11.6 Å². The molecule has 0 aliphatic heterocycles. The molecule has 0 atom stereocenters. The molecule has 0 saturated heterocycles. The summed E-state index contributed by atoms with van der Waals surface area (Å²) in [5, 5.41) is 4.02. The summed E-state index contributed by atoms with van der Waals surface area (Å²) in [7, 11) is 0. The van der Waals surface area contributed by atoms with E-state index in [1.54, 1.807) is 24.3 Å². The van der Waals surface area contributed by atoms with Crippen LogP contribution in [0.15, 0.2) is 47.0 Å². The number of hydrogen-bond acceptors (Lipinski definition) is 5. The summed E-state index contributed by atoms with van der Waals surface area (Å²) >= 11 is 6.00. The highest BCUT2D eigenvalue weighted by Gasteiger charge is 2.17. The molecule has 24 heavy (non-hydrogen) atoms. The summed E-state index contributed by atoms with van der Waals surface area (Å²) in [6.45, 7) is -0.276. The van der Waals surface area contributed by atoms with E-state index in [1.807, 2.05) is 0 Å². The zero-order valence-electron chi connectivity index (χ0n) is 12.2. The molecular formula is C16H11ClFN3O3. The number of benzene rings is 2. The number of aromatic nitrogens is 2. The summed E-state index contributed by atoms with van der Waals surface area (Å²) in [5.41, 5.74) is 6.01. The second kappa shape index (κ2) is 6.67. The minimum Gasteiger partial charge on any atom is -0.483 e. The fourth-order valence-corrected chi connectivity index (χ4v) is 2.28. The molecule has 3 rings (SSSR count). The van der Waals surface area contributed by atoms with Crippen LogP contribution in [0.4, 0.5) is 4.39 Å². The number of nitrogens with zero attached hydrogens (tertiary/aromatic N) is 2. The molecule has 0 saturated carbocycles. The molecule has 1 heterocycles. The van der Waals surface area contributed by atoms with Crippen molar-refractivity contribution in [3.8, 4) is 28.6 Å². The highest BCUT2D eigenvalue weighted by Crippen LogP contribution is 2.32. The SMILES string of the molecule is NC(=O)COc1ccccc1-c1nc(-c2ccc(F)cc2Cl)no1. The first-order chi connectivity index (χ1) is 11.5. The Labute approximate surface area is 141 Å².